The van der Waals surface area contributed by atoms with E-state index in [1.54, 1.807) is 0 Å². The molecule has 0 heterocycles. The van der Waals surface area contributed by atoms with Gasteiger partial charge in [0.25, 0.3) is 0 Å². The van der Waals surface area contributed by atoms with E-state index in [-0.39, 0.29) is 6.73 Å². The number of carbonyl (C=O) groups excluding carboxylic acids is 2. The predicted octanol–water partition coefficient (Wildman–Crippen LogP) is 0.0574. The van der Waals surface area contributed by atoms with Crippen LogP contribution in [0.1, 0.15) is 0 Å². The molecule has 0 aromatic heterocycles. The number of hydrogen-bond acceptors (Lipinski definition) is 4. The Morgan fingerprint density at radius 1 is 1.62 bits per heavy atom. The maximum Gasteiger partial charge on any atom is 0.346 e. The third-order valence-electron chi connectivity index (χ3n) is 0.880. The average Bonchev–Trinajstić information content (AvgIpc) is 2.14. The molecule has 0 aliphatic heterocycles. The second-order valence-electron chi connectivity index (χ2n) is 1.76. The molecule has 0 atom stereocenters. The van der Waals surface area contributed by atoms with Gasteiger partial charge >= 0.3 is 12.0 Å². The van der Waals surface area contributed by atoms with Crippen LogP contribution in [-0.4, -0.2) is 32.2 Å². The van der Waals surface area contributed by atoms with E-state index in [1.807, 2.05) is 0 Å². The van der Waals surface area contributed by atoms with Crippen LogP contribution in [0, 0.1) is 0 Å². The van der Waals surface area contributed by atoms with Crippen LogP contribution in [0.3, 0.4) is 0 Å². The lowest BCUT2D eigenvalue weighted by atomic mass is 10.7. The zero-order valence-corrected chi connectivity index (χ0v) is 7.15. The molecule has 0 aromatic rings. The molecule has 0 spiro atoms. The van der Waals surface area contributed by atoms with Gasteiger partial charge in [-0.15, -0.1) is 0 Å². The standard InChI is InChI=1S/C7H10N2O4/c1-3-6(10)13-5-9-7(11)8-4-12-2/h3-4H,1,5H2,2H3,(H,9,11). The van der Waals surface area contributed by atoms with Gasteiger partial charge in [-0.1, -0.05) is 6.58 Å². The number of nitrogens with zero attached hydrogens (tertiary/aromatic N) is 1. The summed E-state index contributed by atoms with van der Waals surface area (Å²) in [5.74, 6) is -0.615. The first-order chi connectivity index (χ1) is 6.20. The largest absolute Gasteiger partial charge is 0.486 e. The zero-order chi connectivity index (χ0) is 10.1. The third-order valence-corrected chi connectivity index (χ3v) is 0.880. The molecule has 0 aliphatic carbocycles. The molecular formula is C7H10N2O4. The van der Waals surface area contributed by atoms with Gasteiger partial charge in [0.05, 0.1) is 7.11 Å². The molecule has 0 aliphatic rings. The van der Waals surface area contributed by atoms with E-state index in [0.717, 1.165) is 12.5 Å². The molecule has 6 heteroatoms. The van der Waals surface area contributed by atoms with Gasteiger partial charge in [0.1, 0.15) is 0 Å². The quantitative estimate of drug-likeness (QED) is 0.221. The van der Waals surface area contributed by atoms with Crippen LogP contribution in [0.25, 0.3) is 0 Å². The monoisotopic (exact) mass is 186 g/mol. The summed E-state index contributed by atoms with van der Waals surface area (Å²) in [5, 5.41) is 2.17. The lowest BCUT2D eigenvalue weighted by Gasteiger charge is -2.00. The average molecular weight is 186 g/mol. The number of hydrogen-bond donors (Lipinski definition) is 1. The molecule has 0 fully saturated rings. The molecule has 0 radical (unpaired) electrons. The maximum atomic E-state index is 10.7. The number of urea groups is 1. The highest BCUT2D eigenvalue weighted by atomic mass is 16.5. The Morgan fingerprint density at radius 2 is 2.31 bits per heavy atom. The molecule has 72 valence electrons. The number of amides is 2. The van der Waals surface area contributed by atoms with Crippen molar-refractivity contribution in [2.24, 2.45) is 4.99 Å². The molecule has 6 nitrogen and oxygen atoms in total. The number of ether oxygens (including phenoxy) is 2. The first kappa shape index (κ1) is 11.2. The van der Waals surface area contributed by atoms with Gasteiger partial charge in [0.15, 0.2) is 13.1 Å². The molecule has 1 N–H and O–H groups in total. The summed E-state index contributed by atoms with van der Waals surface area (Å²) in [6, 6.07) is -0.654. The van der Waals surface area contributed by atoms with Crippen LogP contribution in [-0.2, 0) is 14.3 Å². The maximum absolute atomic E-state index is 10.7. The molecule has 0 saturated carbocycles. The minimum atomic E-state index is -0.654. The lowest BCUT2D eigenvalue weighted by Crippen LogP contribution is -2.24. The number of nitrogens with one attached hydrogen (secondary N) is 1. The Balaban J connectivity index is 3.53. The lowest BCUT2D eigenvalue weighted by molar-refractivity contribution is -0.138. The Hall–Kier alpha value is -1.85. The highest BCUT2D eigenvalue weighted by Gasteiger charge is 1.97. The molecule has 2 amide bonds. The second kappa shape index (κ2) is 6.84. The van der Waals surface area contributed by atoms with E-state index in [9.17, 15) is 9.59 Å². The van der Waals surface area contributed by atoms with E-state index in [2.05, 4.69) is 26.4 Å². The molecule has 13 heavy (non-hydrogen) atoms. The Kier molecular flexibility index (Phi) is 5.86. The zero-order valence-electron chi connectivity index (χ0n) is 7.15. The van der Waals surface area contributed by atoms with Crippen molar-refractivity contribution in [1.29, 1.82) is 0 Å². The Labute approximate surface area is 75.2 Å². The summed E-state index contributed by atoms with van der Waals surface area (Å²) in [6.07, 6.45) is 1.95. The van der Waals surface area contributed by atoms with Crippen molar-refractivity contribution in [3.63, 3.8) is 0 Å². The number of methoxy groups -OCH3 is 1. The molecular weight excluding hydrogens is 176 g/mol. The van der Waals surface area contributed by atoms with Crippen LogP contribution in [0.2, 0.25) is 0 Å². The van der Waals surface area contributed by atoms with Crippen molar-refractivity contribution < 1.29 is 19.1 Å². The van der Waals surface area contributed by atoms with Crippen LogP contribution < -0.4 is 5.32 Å². The molecule has 0 aromatic carbocycles. The fourth-order valence-electron chi connectivity index (χ4n) is 0.374. The van der Waals surface area contributed by atoms with Crippen molar-refractivity contribution in [2.45, 2.75) is 0 Å². The van der Waals surface area contributed by atoms with Crippen molar-refractivity contribution >= 4 is 18.4 Å². The Bertz CT molecular complexity index is 225. The van der Waals surface area contributed by atoms with Crippen molar-refractivity contribution in [2.75, 3.05) is 13.8 Å². The molecule has 0 bridgehead atoms. The fraction of sp³-hybridized carbons (Fsp3) is 0.286. The number of esters is 1. The molecule has 0 rings (SSSR count). The van der Waals surface area contributed by atoms with Gasteiger partial charge < -0.3 is 14.8 Å². The van der Waals surface area contributed by atoms with Crippen molar-refractivity contribution in [3.05, 3.63) is 12.7 Å². The van der Waals surface area contributed by atoms with Crippen LogP contribution in [0.5, 0.6) is 0 Å². The summed E-state index contributed by atoms with van der Waals surface area (Å²) in [6.45, 7) is 2.93. The van der Waals surface area contributed by atoms with E-state index in [4.69, 9.17) is 0 Å². The van der Waals surface area contributed by atoms with Gasteiger partial charge in [-0.25, -0.2) is 9.59 Å². The number of rotatable bonds is 4. The van der Waals surface area contributed by atoms with E-state index in [0.29, 0.717) is 0 Å². The first-order valence-electron chi connectivity index (χ1n) is 3.33. The van der Waals surface area contributed by atoms with E-state index < -0.39 is 12.0 Å². The van der Waals surface area contributed by atoms with Crippen molar-refractivity contribution in [1.82, 2.24) is 5.32 Å². The van der Waals surface area contributed by atoms with Gasteiger partial charge in [-0.2, -0.15) is 4.99 Å². The smallest absolute Gasteiger partial charge is 0.346 e. The van der Waals surface area contributed by atoms with Gasteiger partial charge in [-0.05, 0) is 0 Å². The van der Waals surface area contributed by atoms with Crippen LogP contribution >= 0.6 is 0 Å². The third kappa shape index (κ3) is 6.54. The summed E-state index contributed by atoms with van der Waals surface area (Å²) in [7, 11) is 1.36. The number of carbonyl (C=O) groups is 2. The van der Waals surface area contributed by atoms with Gasteiger partial charge in [-0.3, -0.25) is 0 Å². The Morgan fingerprint density at radius 3 is 2.85 bits per heavy atom. The minimum Gasteiger partial charge on any atom is -0.486 e. The van der Waals surface area contributed by atoms with E-state index in [1.165, 1.54) is 7.11 Å². The summed E-state index contributed by atoms with van der Waals surface area (Å²) < 4.78 is 8.82. The second-order valence-corrected chi connectivity index (χ2v) is 1.76. The minimum absolute atomic E-state index is 0.245. The highest BCUT2D eigenvalue weighted by molar-refractivity contribution is 5.83. The summed E-state index contributed by atoms with van der Waals surface area (Å²) in [5.41, 5.74) is 0. The fourth-order valence-corrected chi connectivity index (χ4v) is 0.374. The molecule has 0 unspecified atom stereocenters. The highest BCUT2D eigenvalue weighted by Crippen LogP contribution is 1.77. The van der Waals surface area contributed by atoms with Crippen LogP contribution in [0.4, 0.5) is 4.79 Å². The SMILES string of the molecule is C=CC(=O)OCNC(=O)N=COC. The van der Waals surface area contributed by atoms with Crippen LogP contribution in [0.15, 0.2) is 17.6 Å². The normalized spacial score (nSPS) is 9.31. The summed E-state index contributed by atoms with van der Waals surface area (Å²) in [4.78, 5) is 24.4. The first-order valence-corrected chi connectivity index (χ1v) is 3.33. The molecule has 0 saturated heterocycles. The topological polar surface area (TPSA) is 77.0 Å². The predicted molar refractivity (Wildman–Crippen MR) is 45.2 cm³/mol. The summed E-state index contributed by atoms with van der Waals surface area (Å²) >= 11 is 0. The van der Waals surface area contributed by atoms with Gasteiger partial charge in [0, 0.05) is 6.08 Å². The van der Waals surface area contributed by atoms with E-state index >= 15 is 0 Å². The van der Waals surface area contributed by atoms with Crippen molar-refractivity contribution in [3.8, 4) is 0 Å². The van der Waals surface area contributed by atoms with Gasteiger partial charge in [0.2, 0.25) is 0 Å². The number of aliphatic imine (C=N–C) groups is 1.